The molecule has 0 saturated carbocycles. The van der Waals surface area contributed by atoms with E-state index in [1.165, 1.54) is 6.20 Å². The molecule has 162 valence electrons. The van der Waals surface area contributed by atoms with Crippen LogP contribution in [-0.4, -0.2) is 63.7 Å². The Morgan fingerprint density at radius 2 is 1.84 bits per heavy atom. The van der Waals surface area contributed by atoms with Crippen molar-refractivity contribution in [1.82, 2.24) is 24.9 Å². The van der Waals surface area contributed by atoms with Crippen molar-refractivity contribution in [1.29, 1.82) is 0 Å². The number of anilines is 4. The first-order valence-corrected chi connectivity index (χ1v) is 10.2. The lowest BCUT2D eigenvalue weighted by atomic mass is 10.3. The van der Waals surface area contributed by atoms with Crippen LogP contribution in [0.25, 0.3) is 0 Å². The van der Waals surface area contributed by atoms with Crippen molar-refractivity contribution in [3.63, 3.8) is 0 Å². The molecule has 0 radical (unpaired) electrons. The van der Waals surface area contributed by atoms with Crippen LogP contribution in [0.4, 0.5) is 23.6 Å². The largest absolute Gasteiger partial charge is 0.460 e. The lowest BCUT2D eigenvalue weighted by molar-refractivity contribution is 0.0491. The third-order valence-corrected chi connectivity index (χ3v) is 4.78. The van der Waals surface area contributed by atoms with E-state index in [1.54, 1.807) is 19.3 Å². The van der Waals surface area contributed by atoms with Crippen LogP contribution < -0.4 is 15.1 Å². The highest BCUT2D eigenvalue weighted by molar-refractivity contribution is 5.86. The maximum absolute atomic E-state index is 11.8. The Morgan fingerprint density at radius 1 is 1.10 bits per heavy atom. The van der Waals surface area contributed by atoms with Gasteiger partial charge in [-0.25, -0.2) is 9.78 Å². The molecule has 11 heteroatoms. The van der Waals surface area contributed by atoms with Gasteiger partial charge >= 0.3 is 12.0 Å². The van der Waals surface area contributed by atoms with Crippen molar-refractivity contribution in [2.24, 2.45) is 0 Å². The van der Waals surface area contributed by atoms with E-state index in [0.29, 0.717) is 24.1 Å². The normalized spacial score (nSPS) is 13.9. The van der Waals surface area contributed by atoms with Gasteiger partial charge in [0.25, 0.3) is 0 Å². The number of carbonyl (C=O) groups excluding carboxylic acids is 1. The molecule has 3 aromatic heterocycles. The fourth-order valence-electron chi connectivity index (χ4n) is 3.21. The molecular formula is C20H24N8O3. The van der Waals surface area contributed by atoms with Gasteiger partial charge < -0.3 is 19.0 Å². The third kappa shape index (κ3) is 4.87. The van der Waals surface area contributed by atoms with E-state index >= 15 is 0 Å². The molecule has 0 aliphatic carbocycles. The van der Waals surface area contributed by atoms with Crippen molar-refractivity contribution >= 4 is 29.6 Å². The number of piperazine rings is 1. The van der Waals surface area contributed by atoms with Gasteiger partial charge in [-0.3, -0.25) is 10.3 Å². The Hall–Kier alpha value is -3.76. The summed E-state index contributed by atoms with van der Waals surface area (Å²) in [6, 6.07) is 4.14. The van der Waals surface area contributed by atoms with Crippen molar-refractivity contribution in [3.8, 4) is 0 Å². The minimum atomic E-state index is -0.569. The molecule has 1 fully saturated rings. The average molecular weight is 424 g/mol. The standard InChI is InChI=1S/C20H24N8O3/c1-3-16-23-18(26-20-22-13-15(31-20)17(29)30-4-2)25-19(24-16)28-11-9-27(10-12-28)14-5-7-21-8-6-14/h5-8,13H,3-4,9-12H2,1-2H3,(H,22,23,24,25,26). The highest BCUT2D eigenvalue weighted by Gasteiger charge is 2.21. The number of carbonyl (C=O) groups is 1. The van der Waals surface area contributed by atoms with Gasteiger partial charge in [0.05, 0.1) is 12.8 Å². The molecule has 0 amide bonds. The summed E-state index contributed by atoms with van der Waals surface area (Å²) in [4.78, 5) is 37.8. The zero-order chi connectivity index (χ0) is 21.6. The zero-order valence-corrected chi connectivity index (χ0v) is 17.5. The maximum atomic E-state index is 11.8. The van der Waals surface area contributed by atoms with Crippen molar-refractivity contribution < 1.29 is 13.9 Å². The minimum absolute atomic E-state index is 0.0154. The summed E-state index contributed by atoms with van der Waals surface area (Å²) in [7, 11) is 0. The maximum Gasteiger partial charge on any atom is 0.376 e. The molecule has 1 N–H and O–H groups in total. The quantitative estimate of drug-likeness (QED) is 0.561. The number of nitrogens with zero attached hydrogens (tertiary/aromatic N) is 7. The molecule has 11 nitrogen and oxygen atoms in total. The van der Waals surface area contributed by atoms with Crippen LogP contribution in [0.5, 0.6) is 0 Å². The number of oxazole rings is 1. The number of ether oxygens (including phenoxy) is 1. The smallest absolute Gasteiger partial charge is 0.376 e. The molecule has 0 bridgehead atoms. The summed E-state index contributed by atoms with van der Waals surface area (Å²) in [5, 5.41) is 2.92. The molecule has 0 aromatic carbocycles. The first-order valence-electron chi connectivity index (χ1n) is 10.2. The van der Waals surface area contributed by atoms with Crippen molar-refractivity contribution in [2.45, 2.75) is 20.3 Å². The van der Waals surface area contributed by atoms with E-state index < -0.39 is 5.97 Å². The molecule has 31 heavy (non-hydrogen) atoms. The summed E-state index contributed by atoms with van der Waals surface area (Å²) in [5.74, 6) is 1.01. The predicted molar refractivity (Wildman–Crippen MR) is 114 cm³/mol. The minimum Gasteiger partial charge on any atom is -0.460 e. The summed E-state index contributed by atoms with van der Waals surface area (Å²) in [6.07, 6.45) is 5.56. The molecule has 0 unspecified atom stereocenters. The molecule has 4 rings (SSSR count). The summed E-state index contributed by atoms with van der Waals surface area (Å²) >= 11 is 0. The van der Waals surface area contributed by atoms with Gasteiger partial charge in [0.15, 0.2) is 0 Å². The monoisotopic (exact) mass is 424 g/mol. The van der Waals surface area contributed by atoms with Crippen LogP contribution >= 0.6 is 0 Å². The van der Waals surface area contributed by atoms with Gasteiger partial charge in [-0.15, -0.1) is 0 Å². The molecule has 3 aromatic rings. The van der Waals surface area contributed by atoms with E-state index in [0.717, 1.165) is 31.9 Å². The number of aryl methyl sites for hydroxylation is 1. The van der Waals surface area contributed by atoms with E-state index in [1.807, 2.05) is 19.1 Å². The van der Waals surface area contributed by atoms with Crippen LogP contribution in [0, 0.1) is 0 Å². The Kier molecular flexibility index (Phi) is 6.20. The first-order chi connectivity index (χ1) is 15.2. The second-order valence-electron chi connectivity index (χ2n) is 6.78. The Labute approximate surface area is 179 Å². The highest BCUT2D eigenvalue weighted by atomic mass is 16.5. The second-order valence-corrected chi connectivity index (χ2v) is 6.78. The van der Waals surface area contributed by atoms with Crippen LogP contribution in [0.1, 0.15) is 30.2 Å². The lowest BCUT2D eigenvalue weighted by Gasteiger charge is -2.36. The van der Waals surface area contributed by atoms with Gasteiger partial charge in [0.1, 0.15) is 5.82 Å². The van der Waals surface area contributed by atoms with Crippen LogP contribution in [0.2, 0.25) is 0 Å². The molecule has 0 atom stereocenters. The molecule has 4 heterocycles. The molecule has 1 aliphatic heterocycles. The Balaban J connectivity index is 1.46. The number of esters is 1. The van der Waals surface area contributed by atoms with E-state index in [9.17, 15) is 4.79 Å². The fraction of sp³-hybridized carbons (Fsp3) is 0.400. The third-order valence-electron chi connectivity index (χ3n) is 4.78. The second kappa shape index (κ2) is 9.37. The van der Waals surface area contributed by atoms with Gasteiger partial charge in [0, 0.05) is 50.7 Å². The number of hydrogen-bond acceptors (Lipinski definition) is 11. The van der Waals surface area contributed by atoms with Crippen LogP contribution in [0.15, 0.2) is 35.1 Å². The lowest BCUT2D eigenvalue weighted by Crippen LogP contribution is -2.47. The van der Waals surface area contributed by atoms with Gasteiger partial charge in [-0.1, -0.05) is 6.92 Å². The average Bonchev–Trinajstić information content (AvgIpc) is 3.28. The van der Waals surface area contributed by atoms with Gasteiger partial charge in [-0.2, -0.15) is 15.0 Å². The van der Waals surface area contributed by atoms with Crippen molar-refractivity contribution in [3.05, 3.63) is 42.3 Å². The first kappa shape index (κ1) is 20.5. The van der Waals surface area contributed by atoms with Crippen LogP contribution in [-0.2, 0) is 11.2 Å². The molecule has 0 spiro atoms. The Morgan fingerprint density at radius 3 is 2.55 bits per heavy atom. The number of aromatic nitrogens is 5. The van der Waals surface area contributed by atoms with Gasteiger partial charge in [0.2, 0.25) is 17.7 Å². The highest BCUT2D eigenvalue weighted by Crippen LogP contribution is 2.20. The number of rotatable bonds is 7. The van der Waals surface area contributed by atoms with Gasteiger partial charge in [-0.05, 0) is 19.1 Å². The summed E-state index contributed by atoms with van der Waals surface area (Å²) < 4.78 is 10.3. The molecule has 1 aliphatic rings. The van der Waals surface area contributed by atoms with E-state index in [2.05, 4.69) is 40.0 Å². The zero-order valence-electron chi connectivity index (χ0n) is 17.5. The Bertz CT molecular complexity index is 1020. The predicted octanol–water partition coefficient (Wildman–Crippen LogP) is 2.06. The number of hydrogen-bond donors (Lipinski definition) is 1. The molecular weight excluding hydrogens is 400 g/mol. The number of pyridine rings is 1. The summed E-state index contributed by atoms with van der Waals surface area (Å²) in [6.45, 7) is 7.22. The SMILES string of the molecule is CCOC(=O)c1cnc(Nc2nc(CC)nc(N3CCN(c4ccncc4)CC3)n2)o1. The number of nitrogens with one attached hydrogen (secondary N) is 1. The molecule has 1 saturated heterocycles. The van der Waals surface area contributed by atoms with E-state index in [4.69, 9.17) is 9.15 Å². The van der Waals surface area contributed by atoms with E-state index in [-0.39, 0.29) is 18.4 Å². The van der Waals surface area contributed by atoms with Crippen LogP contribution in [0.3, 0.4) is 0 Å². The summed E-state index contributed by atoms with van der Waals surface area (Å²) in [5.41, 5.74) is 1.16. The van der Waals surface area contributed by atoms with Crippen molar-refractivity contribution in [2.75, 3.05) is 47.9 Å². The fourth-order valence-corrected chi connectivity index (χ4v) is 3.21. The topological polar surface area (TPSA) is 122 Å².